The summed E-state index contributed by atoms with van der Waals surface area (Å²) in [5.74, 6) is -2.22. The molecule has 0 radical (unpaired) electrons. The molecule has 1 fully saturated rings. The number of hydrogen-bond donors (Lipinski definition) is 2. The molecule has 1 aliphatic rings. The molecule has 1 aliphatic heterocycles. The van der Waals surface area contributed by atoms with Gasteiger partial charge in [0.25, 0.3) is 0 Å². The number of ether oxygens (including phenoxy) is 1. The summed E-state index contributed by atoms with van der Waals surface area (Å²) in [7, 11) is -3.98. The summed E-state index contributed by atoms with van der Waals surface area (Å²) in [5.41, 5.74) is 1.05. The lowest BCUT2D eigenvalue weighted by Crippen LogP contribution is -2.53. The van der Waals surface area contributed by atoms with Crippen LogP contribution < -0.4 is 10.6 Å². The number of halogens is 1. The van der Waals surface area contributed by atoms with Gasteiger partial charge in [0.05, 0.1) is 18.0 Å². The van der Waals surface area contributed by atoms with Gasteiger partial charge in [-0.1, -0.05) is 30.3 Å². The minimum atomic E-state index is -3.98. The third-order valence-electron chi connectivity index (χ3n) is 4.83. The SMILES string of the molecule is Cc1cc(S(=O)(=O)N2CCCOC2CNC(=O)C(=O)NCc2ccccc2)ccc1F. The highest BCUT2D eigenvalue weighted by molar-refractivity contribution is 7.89. The molecule has 8 nitrogen and oxygen atoms in total. The molecule has 3 rings (SSSR count). The summed E-state index contributed by atoms with van der Waals surface area (Å²) >= 11 is 0. The van der Waals surface area contributed by atoms with Gasteiger partial charge in [-0.15, -0.1) is 0 Å². The van der Waals surface area contributed by atoms with Crippen molar-refractivity contribution in [3.63, 3.8) is 0 Å². The summed E-state index contributed by atoms with van der Waals surface area (Å²) in [6.07, 6.45) is -0.503. The van der Waals surface area contributed by atoms with E-state index in [-0.39, 0.29) is 30.1 Å². The topological polar surface area (TPSA) is 105 Å². The molecule has 1 heterocycles. The van der Waals surface area contributed by atoms with Gasteiger partial charge < -0.3 is 15.4 Å². The molecule has 0 spiro atoms. The minimum absolute atomic E-state index is 0.0613. The molecule has 2 aromatic carbocycles. The number of benzene rings is 2. The van der Waals surface area contributed by atoms with E-state index in [0.717, 1.165) is 15.9 Å². The highest BCUT2D eigenvalue weighted by Crippen LogP contribution is 2.23. The maximum absolute atomic E-state index is 13.5. The number of nitrogens with zero attached hydrogens (tertiary/aromatic N) is 1. The predicted octanol–water partition coefficient (Wildman–Crippen LogP) is 1.30. The molecule has 1 unspecified atom stereocenters. The monoisotopic (exact) mass is 449 g/mol. The molecule has 2 amide bonds. The van der Waals surface area contributed by atoms with Gasteiger partial charge in [-0.25, -0.2) is 12.8 Å². The van der Waals surface area contributed by atoms with Gasteiger partial charge in [0.1, 0.15) is 12.0 Å². The zero-order chi connectivity index (χ0) is 22.4. The Morgan fingerprint density at radius 2 is 1.84 bits per heavy atom. The summed E-state index contributed by atoms with van der Waals surface area (Å²) in [5, 5.41) is 4.93. The number of nitrogens with one attached hydrogen (secondary N) is 2. The first-order chi connectivity index (χ1) is 14.8. The smallest absolute Gasteiger partial charge is 0.309 e. The van der Waals surface area contributed by atoms with E-state index in [1.54, 1.807) is 0 Å². The van der Waals surface area contributed by atoms with Gasteiger partial charge in [-0.2, -0.15) is 4.31 Å². The fourth-order valence-electron chi connectivity index (χ4n) is 3.13. The van der Waals surface area contributed by atoms with Crippen molar-refractivity contribution in [2.45, 2.75) is 31.0 Å². The minimum Gasteiger partial charge on any atom is -0.360 e. The van der Waals surface area contributed by atoms with Crippen molar-refractivity contribution in [2.75, 3.05) is 19.7 Å². The largest absolute Gasteiger partial charge is 0.360 e. The van der Waals surface area contributed by atoms with Gasteiger partial charge in [0.15, 0.2) is 0 Å². The van der Waals surface area contributed by atoms with Crippen LogP contribution in [0.5, 0.6) is 0 Å². The van der Waals surface area contributed by atoms with Crippen molar-refractivity contribution >= 4 is 21.8 Å². The van der Waals surface area contributed by atoms with Crippen LogP contribution in [0.2, 0.25) is 0 Å². The molecule has 1 atom stereocenters. The second-order valence-corrected chi connectivity index (χ2v) is 8.97. The highest BCUT2D eigenvalue weighted by Gasteiger charge is 2.35. The maximum Gasteiger partial charge on any atom is 0.309 e. The average molecular weight is 450 g/mol. The second kappa shape index (κ2) is 9.99. The molecule has 1 saturated heterocycles. The number of carbonyl (C=O) groups is 2. The Morgan fingerprint density at radius 3 is 2.55 bits per heavy atom. The van der Waals surface area contributed by atoms with E-state index in [1.165, 1.54) is 19.1 Å². The van der Waals surface area contributed by atoms with E-state index in [9.17, 15) is 22.4 Å². The van der Waals surface area contributed by atoms with Crippen LogP contribution in [0, 0.1) is 12.7 Å². The fraction of sp³-hybridized carbons (Fsp3) is 0.333. The zero-order valence-electron chi connectivity index (χ0n) is 17.0. The Balaban J connectivity index is 1.62. The van der Waals surface area contributed by atoms with Gasteiger partial charge >= 0.3 is 11.8 Å². The number of carbonyl (C=O) groups excluding carboxylic acids is 2. The molecular formula is C21H24FN3O5S. The van der Waals surface area contributed by atoms with E-state index in [2.05, 4.69) is 10.6 Å². The normalized spacial score (nSPS) is 17.2. The Hall–Kier alpha value is -2.82. The van der Waals surface area contributed by atoms with Crippen LogP contribution in [-0.2, 0) is 30.9 Å². The Labute approximate surface area is 180 Å². The number of aryl methyl sites for hydroxylation is 1. The van der Waals surface area contributed by atoms with Crippen LogP contribution in [0.1, 0.15) is 17.5 Å². The van der Waals surface area contributed by atoms with Gasteiger partial charge in [-0.3, -0.25) is 9.59 Å². The molecule has 2 N–H and O–H groups in total. The van der Waals surface area contributed by atoms with E-state index >= 15 is 0 Å². The van der Waals surface area contributed by atoms with Crippen molar-refractivity contribution in [3.05, 3.63) is 65.5 Å². The molecule has 10 heteroatoms. The number of sulfonamides is 1. The van der Waals surface area contributed by atoms with Crippen molar-refractivity contribution in [1.29, 1.82) is 0 Å². The second-order valence-electron chi connectivity index (χ2n) is 7.08. The molecule has 166 valence electrons. The lowest BCUT2D eigenvalue weighted by molar-refractivity contribution is -0.140. The molecule has 31 heavy (non-hydrogen) atoms. The average Bonchev–Trinajstić information content (AvgIpc) is 2.78. The third kappa shape index (κ3) is 5.66. The fourth-order valence-corrected chi connectivity index (χ4v) is 4.79. The summed E-state index contributed by atoms with van der Waals surface area (Å²) in [4.78, 5) is 24.1. The maximum atomic E-state index is 13.5. The summed E-state index contributed by atoms with van der Waals surface area (Å²) < 4.78 is 46.3. The molecular weight excluding hydrogens is 425 g/mol. The Bertz CT molecular complexity index is 1050. The molecule has 0 saturated carbocycles. The zero-order valence-corrected chi connectivity index (χ0v) is 17.8. The van der Waals surface area contributed by atoms with Crippen LogP contribution >= 0.6 is 0 Å². The van der Waals surface area contributed by atoms with Crippen molar-refractivity contribution in [2.24, 2.45) is 0 Å². The van der Waals surface area contributed by atoms with Gasteiger partial charge in [0, 0.05) is 13.1 Å². The predicted molar refractivity (Wildman–Crippen MR) is 111 cm³/mol. The van der Waals surface area contributed by atoms with Gasteiger partial charge in [0.2, 0.25) is 10.0 Å². The van der Waals surface area contributed by atoms with E-state index in [1.807, 2.05) is 30.3 Å². The lowest BCUT2D eigenvalue weighted by atomic mass is 10.2. The Morgan fingerprint density at radius 1 is 1.13 bits per heavy atom. The summed E-state index contributed by atoms with van der Waals surface area (Å²) in [6.45, 7) is 1.97. The first-order valence-electron chi connectivity index (χ1n) is 9.78. The Kier molecular flexibility index (Phi) is 7.37. The van der Waals surface area contributed by atoms with E-state index in [0.29, 0.717) is 13.0 Å². The van der Waals surface area contributed by atoms with Crippen LogP contribution in [0.4, 0.5) is 4.39 Å². The van der Waals surface area contributed by atoms with Crippen LogP contribution in [0.15, 0.2) is 53.4 Å². The number of rotatable bonds is 6. The number of hydrogen-bond acceptors (Lipinski definition) is 5. The molecule has 2 aromatic rings. The molecule has 0 aromatic heterocycles. The highest BCUT2D eigenvalue weighted by atomic mass is 32.2. The van der Waals surface area contributed by atoms with Crippen LogP contribution in [-0.4, -0.2) is 50.5 Å². The first-order valence-corrected chi connectivity index (χ1v) is 11.2. The molecule has 0 bridgehead atoms. The van der Waals surface area contributed by atoms with E-state index < -0.39 is 33.9 Å². The number of amides is 2. The van der Waals surface area contributed by atoms with Gasteiger partial charge in [-0.05, 0) is 42.7 Å². The standard InChI is InChI=1S/C21H24FN3O5S/c1-15-12-17(8-9-18(15)22)31(28,29)25-10-5-11-30-19(25)14-24-21(27)20(26)23-13-16-6-3-2-4-7-16/h2-4,6-9,12,19H,5,10-11,13-14H2,1H3,(H,23,26)(H,24,27). The van der Waals surface area contributed by atoms with Crippen molar-refractivity contribution in [3.8, 4) is 0 Å². The van der Waals surface area contributed by atoms with Crippen molar-refractivity contribution < 1.29 is 27.1 Å². The van der Waals surface area contributed by atoms with Crippen LogP contribution in [0.3, 0.4) is 0 Å². The first kappa shape index (κ1) is 22.9. The molecule has 0 aliphatic carbocycles. The van der Waals surface area contributed by atoms with Crippen molar-refractivity contribution in [1.82, 2.24) is 14.9 Å². The quantitative estimate of drug-likeness (QED) is 0.647. The summed E-state index contributed by atoms with van der Waals surface area (Å²) in [6, 6.07) is 12.7. The lowest BCUT2D eigenvalue weighted by Gasteiger charge is -2.34. The van der Waals surface area contributed by atoms with Crippen LogP contribution in [0.25, 0.3) is 0 Å². The van der Waals surface area contributed by atoms with E-state index in [4.69, 9.17) is 4.74 Å². The third-order valence-corrected chi connectivity index (χ3v) is 6.71.